The van der Waals surface area contributed by atoms with Gasteiger partial charge in [-0.05, 0) is 44.5 Å². The van der Waals surface area contributed by atoms with Crippen molar-refractivity contribution in [3.8, 4) is 0 Å². The first-order valence-electron chi connectivity index (χ1n) is 9.44. The average molecular weight is 436 g/mol. The van der Waals surface area contributed by atoms with Crippen LogP contribution in [-0.4, -0.2) is 48.0 Å². The highest BCUT2D eigenvalue weighted by Gasteiger charge is 2.24. The first kappa shape index (κ1) is 21.6. The van der Waals surface area contributed by atoms with Crippen molar-refractivity contribution in [2.45, 2.75) is 31.8 Å². The van der Waals surface area contributed by atoms with Crippen molar-refractivity contribution >= 4 is 40.8 Å². The van der Waals surface area contributed by atoms with Gasteiger partial charge in [0.05, 0.1) is 21.5 Å². The lowest BCUT2D eigenvalue weighted by molar-refractivity contribution is -0.152. The van der Waals surface area contributed by atoms with E-state index in [2.05, 4.69) is 22.2 Å². The second kappa shape index (κ2) is 9.57. The van der Waals surface area contributed by atoms with Gasteiger partial charge in [0.15, 0.2) is 0 Å². The van der Waals surface area contributed by atoms with Gasteiger partial charge in [0, 0.05) is 31.2 Å². The maximum absolute atomic E-state index is 12.5. The van der Waals surface area contributed by atoms with Crippen LogP contribution < -0.4 is 5.32 Å². The minimum absolute atomic E-state index is 0.0189. The highest BCUT2D eigenvalue weighted by Crippen LogP contribution is 2.25. The van der Waals surface area contributed by atoms with Crippen LogP contribution in [0.2, 0.25) is 10.0 Å². The molecule has 0 saturated carbocycles. The van der Waals surface area contributed by atoms with E-state index < -0.39 is 5.91 Å². The van der Waals surface area contributed by atoms with Gasteiger partial charge in [-0.15, -0.1) is 0 Å². The number of anilines is 1. The molecule has 1 unspecified atom stereocenters. The maximum atomic E-state index is 12.5. The van der Waals surface area contributed by atoms with E-state index in [1.807, 2.05) is 6.92 Å². The van der Waals surface area contributed by atoms with Crippen LogP contribution in [-0.2, 0) is 9.53 Å². The first-order chi connectivity index (χ1) is 13.8. The smallest absolute Gasteiger partial charge is 0.313 e. The van der Waals surface area contributed by atoms with Gasteiger partial charge < -0.3 is 15.0 Å². The summed E-state index contributed by atoms with van der Waals surface area (Å²) in [7, 11) is 2.07. The molecule has 0 bridgehead atoms. The molecule has 1 N–H and O–H groups in total. The van der Waals surface area contributed by atoms with Gasteiger partial charge >= 0.3 is 5.97 Å². The average Bonchev–Trinajstić information content (AvgIpc) is 2.69. The Hall–Kier alpha value is -2.15. The number of halogens is 2. The molecular formula is C21H23Cl2N3O3. The van der Waals surface area contributed by atoms with Gasteiger partial charge in [0.1, 0.15) is 6.10 Å². The molecule has 1 amide bonds. The zero-order chi connectivity index (χ0) is 21.0. The Balaban J connectivity index is 1.60. The number of benzene rings is 1. The van der Waals surface area contributed by atoms with E-state index in [0.717, 1.165) is 31.5 Å². The van der Waals surface area contributed by atoms with Crippen LogP contribution in [0.4, 0.5) is 5.69 Å². The van der Waals surface area contributed by atoms with E-state index in [1.54, 1.807) is 24.3 Å². The number of nitrogens with one attached hydrogen (secondary N) is 1. The van der Waals surface area contributed by atoms with Gasteiger partial charge in [0.25, 0.3) is 5.91 Å². The van der Waals surface area contributed by atoms with Crippen LogP contribution in [0.3, 0.4) is 0 Å². The largest absolute Gasteiger partial charge is 0.462 e. The summed E-state index contributed by atoms with van der Waals surface area (Å²) in [6, 6.07) is 7.06. The van der Waals surface area contributed by atoms with E-state index >= 15 is 0 Å². The molecule has 3 rings (SSSR count). The lowest BCUT2D eigenvalue weighted by atomic mass is 10.0. The highest BCUT2D eigenvalue weighted by atomic mass is 35.5. The van der Waals surface area contributed by atoms with Crippen molar-refractivity contribution in [1.29, 1.82) is 0 Å². The second-order valence-electron chi connectivity index (χ2n) is 7.22. The quantitative estimate of drug-likeness (QED) is 0.705. The third-order valence-corrected chi connectivity index (χ3v) is 5.62. The van der Waals surface area contributed by atoms with E-state index in [0.29, 0.717) is 5.69 Å². The summed E-state index contributed by atoms with van der Waals surface area (Å²) in [4.78, 5) is 31.0. The Morgan fingerprint density at radius 1 is 1.14 bits per heavy atom. The predicted octanol–water partition coefficient (Wildman–Crippen LogP) is 4.38. The van der Waals surface area contributed by atoms with Crippen LogP contribution in [0.1, 0.15) is 41.6 Å². The van der Waals surface area contributed by atoms with E-state index in [1.165, 1.54) is 12.4 Å². The van der Waals surface area contributed by atoms with Crippen molar-refractivity contribution in [2.24, 2.45) is 0 Å². The van der Waals surface area contributed by atoms with Crippen molar-refractivity contribution in [1.82, 2.24) is 9.88 Å². The summed E-state index contributed by atoms with van der Waals surface area (Å²) in [5.41, 5.74) is 1.56. The number of aromatic nitrogens is 1. The van der Waals surface area contributed by atoms with E-state index in [9.17, 15) is 9.59 Å². The molecule has 29 heavy (non-hydrogen) atoms. The fourth-order valence-corrected chi connectivity index (χ4v) is 3.72. The van der Waals surface area contributed by atoms with Gasteiger partial charge in [0.2, 0.25) is 0 Å². The Morgan fingerprint density at radius 2 is 1.72 bits per heavy atom. The fraction of sp³-hybridized carbons (Fsp3) is 0.381. The Bertz CT molecular complexity index is 861. The molecule has 2 heterocycles. The number of carbonyl (C=O) groups excluding carboxylic acids is 2. The van der Waals surface area contributed by atoms with Crippen molar-refractivity contribution < 1.29 is 14.3 Å². The Kier molecular flexibility index (Phi) is 7.11. The fourth-order valence-electron chi connectivity index (χ4n) is 3.18. The topological polar surface area (TPSA) is 71.5 Å². The molecule has 1 aromatic carbocycles. The molecule has 1 aromatic heterocycles. The molecule has 154 valence electrons. The molecule has 2 aromatic rings. The number of pyridine rings is 1. The van der Waals surface area contributed by atoms with Crippen LogP contribution in [0, 0.1) is 0 Å². The molecule has 8 heteroatoms. The van der Waals surface area contributed by atoms with Crippen LogP contribution in [0.15, 0.2) is 36.7 Å². The molecule has 1 aliphatic heterocycles. The number of amides is 1. The molecular weight excluding hydrogens is 413 g/mol. The van der Waals surface area contributed by atoms with Crippen molar-refractivity contribution in [3.63, 3.8) is 0 Å². The standard InChI is InChI=1S/C21H23Cl2N3O3/c1-13(21(28)29-16-7-9-26(2)10-8-16)14-3-5-15(6-4-14)25-20(27)19-17(22)11-24-12-18(19)23/h3-6,11-13,16H,7-10H2,1-2H3,(H,25,27). The first-order valence-corrected chi connectivity index (χ1v) is 10.2. The minimum atomic E-state index is -0.426. The minimum Gasteiger partial charge on any atom is -0.462 e. The number of hydrogen-bond donors (Lipinski definition) is 1. The number of likely N-dealkylation sites (tertiary alicyclic amines) is 1. The van der Waals surface area contributed by atoms with Gasteiger partial charge in [-0.1, -0.05) is 35.3 Å². The molecule has 1 saturated heterocycles. The summed E-state index contributed by atoms with van der Waals surface area (Å²) >= 11 is 12.0. The summed E-state index contributed by atoms with van der Waals surface area (Å²) in [6.07, 6.45) is 4.43. The third-order valence-electron chi connectivity index (χ3n) is 5.05. The normalized spacial score (nSPS) is 16.3. The summed E-state index contributed by atoms with van der Waals surface area (Å²) in [5, 5.41) is 3.10. The number of ether oxygens (including phenoxy) is 1. The lowest BCUT2D eigenvalue weighted by Crippen LogP contribution is -2.36. The zero-order valence-electron chi connectivity index (χ0n) is 16.3. The number of piperidine rings is 1. The summed E-state index contributed by atoms with van der Waals surface area (Å²) in [5.74, 6) is -1.04. The van der Waals surface area contributed by atoms with Crippen LogP contribution in [0.5, 0.6) is 0 Å². The molecule has 0 spiro atoms. The van der Waals surface area contributed by atoms with E-state index in [-0.39, 0.29) is 33.6 Å². The molecule has 0 radical (unpaired) electrons. The molecule has 1 fully saturated rings. The SMILES string of the molecule is CC(C(=O)OC1CCN(C)CC1)c1ccc(NC(=O)c2c(Cl)cncc2Cl)cc1. The number of hydrogen-bond acceptors (Lipinski definition) is 5. The van der Waals surface area contributed by atoms with Crippen molar-refractivity contribution in [2.75, 3.05) is 25.5 Å². The second-order valence-corrected chi connectivity index (χ2v) is 8.03. The van der Waals surface area contributed by atoms with Crippen LogP contribution >= 0.6 is 23.2 Å². The van der Waals surface area contributed by atoms with Gasteiger partial charge in [-0.25, -0.2) is 0 Å². The Labute approximate surface area is 180 Å². The highest BCUT2D eigenvalue weighted by molar-refractivity contribution is 6.40. The third kappa shape index (κ3) is 5.47. The zero-order valence-corrected chi connectivity index (χ0v) is 17.8. The Morgan fingerprint density at radius 3 is 2.31 bits per heavy atom. The lowest BCUT2D eigenvalue weighted by Gasteiger charge is -2.29. The van der Waals surface area contributed by atoms with E-state index in [4.69, 9.17) is 27.9 Å². The number of carbonyl (C=O) groups is 2. The predicted molar refractivity (Wildman–Crippen MR) is 114 cm³/mol. The number of nitrogens with zero attached hydrogens (tertiary/aromatic N) is 2. The van der Waals surface area contributed by atoms with Crippen molar-refractivity contribution in [3.05, 3.63) is 57.8 Å². The van der Waals surface area contributed by atoms with Gasteiger partial charge in [-0.3, -0.25) is 14.6 Å². The molecule has 0 aliphatic carbocycles. The summed E-state index contributed by atoms with van der Waals surface area (Å²) < 4.78 is 5.66. The van der Waals surface area contributed by atoms with Gasteiger partial charge in [-0.2, -0.15) is 0 Å². The maximum Gasteiger partial charge on any atom is 0.313 e. The molecule has 1 atom stereocenters. The number of esters is 1. The molecule has 6 nitrogen and oxygen atoms in total. The summed E-state index contributed by atoms with van der Waals surface area (Å²) in [6.45, 7) is 3.69. The monoisotopic (exact) mass is 435 g/mol. The van der Waals surface area contributed by atoms with Crippen LogP contribution in [0.25, 0.3) is 0 Å². The molecule has 1 aliphatic rings. The number of rotatable bonds is 5.